The van der Waals surface area contributed by atoms with E-state index >= 15 is 0 Å². The van der Waals surface area contributed by atoms with Gasteiger partial charge in [0.25, 0.3) is 5.91 Å². The molecule has 0 radical (unpaired) electrons. The minimum absolute atomic E-state index is 0.0509. The molecule has 6 heteroatoms. The summed E-state index contributed by atoms with van der Waals surface area (Å²) >= 11 is 0. The van der Waals surface area contributed by atoms with Crippen LogP contribution in [0, 0.1) is 0 Å². The van der Waals surface area contributed by atoms with Crippen LogP contribution < -0.4 is 21.3 Å². The van der Waals surface area contributed by atoms with E-state index in [-0.39, 0.29) is 18.4 Å². The van der Waals surface area contributed by atoms with Crippen LogP contribution in [0.25, 0.3) is 0 Å². The van der Waals surface area contributed by atoms with Gasteiger partial charge < -0.3 is 21.3 Å². The minimum Gasteiger partial charge on any atom is -0.397 e. The van der Waals surface area contributed by atoms with Gasteiger partial charge in [-0.1, -0.05) is 0 Å². The SMILES string of the molecule is CNC(=O)CNC(=O)c1ccc(N(C)C)c(N)c1. The summed E-state index contributed by atoms with van der Waals surface area (Å²) in [6.07, 6.45) is 0. The third kappa shape index (κ3) is 3.38. The van der Waals surface area contributed by atoms with Crippen LogP contribution in [0.5, 0.6) is 0 Å². The zero-order valence-corrected chi connectivity index (χ0v) is 10.8. The van der Waals surface area contributed by atoms with Gasteiger partial charge in [-0.3, -0.25) is 9.59 Å². The van der Waals surface area contributed by atoms with Crippen LogP contribution in [0.4, 0.5) is 11.4 Å². The van der Waals surface area contributed by atoms with Crippen molar-refractivity contribution in [1.29, 1.82) is 0 Å². The molecule has 0 saturated carbocycles. The lowest BCUT2D eigenvalue weighted by molar-refractivity contribution is -0.119. The first-order valence-electron chi connectivity index (χ1n) is 5.51. The third-order valence-electron chi connectivity index (χ3n) is 2.46. The predicted octanol–water partition coefficient (Wildman–Crippen LogP) is -0.189. The Morgan fingerprint density at radius 1 is 1.33 bits per heavy atom. The molecule has 1 rings (SSSR count). The number of nitrogens with one attached hydrogen (secondary N) is 2. The number of benzene rings is 1. The molecule has 0 unspecified atom stereocenters. The quantitative estimate of drug-likeness (QED) is 0.646. The normalized spacial score (nSPS) is 9.72. The van der Waals surface area contributed by atoms with E-state index in [0.29, 0.717) is 11.3 Å². The number of hydrogen-bond acceptors (Lipinski definition) is 4. The molecular formula is C12H18N4O2. The van der Waals surface area contributed by atoms with E-state index in [1.54, 1.807) is 18.2 Å². The smallest absolute Gasteiger partial charge is 0.251 e. The molecule has 2 amide bonds. The number of hydrogen-bond donors (Lipinski definition) is 3. The molecule has 0 aromatic heterocycles. The van der Waals surface area contributed by atoms with Crippen LogP contribution in [0.15, 0.2) is 18.2 Å². The summed E-state index contributed by atoms with van der Waals surface area (Å²) in [5.74, 6) is -0.572. The molecule has 0 bridgehead atoms. The predicted molar refractivity (Wildman–Crippen MR) is 71.6 cm³/mol. The van der Waals surface area contributed by atoms with Gasteiger partial charge in [-0.25, -0.2) is 0 Å². The number of nitrogens with two attached hydrogens (primary N) is 1. The maximum atomic E-state index is 11.7. The monoisotopic (exact) mass is 250 g/mol. The highest BCUT2D eigenvalue weighted by atomic mass is 16.2. The standard InChI is InChI=1S/C12H18N4O2/c1-14-11(17)7-15-12(18)8-4-5-10(16(2)3)9(13)6-8/h4-6H,7,13H2,1-3H3,(H,14,17)(H,15,18). The Bertz CT molecular complexity index is 457. The Morgan fingerprint density at radius 3 is 2.50 bits per heavy atom. The van der Waals surface area contributed by atoms with Gasteiger partial charge in [0.05, 0.1) is 17.9 Å². The van der Waals surface area contributed by atoms with Crippen molar-refractivity contribution in [2.24, 2.45) is 0 Å². The van der Waals surface area contributed by atoms with Gasteiger partial charge in [0, 0.05) is 26.7 Å². The van der Waals surface area contributed by atoms with Gasteiger partial charge in [-0.05, 0) is 18.2 Å². The second-order valence-electron chi connectivity index (χ2n) is 4.02. The summed E-state index contributed by atoms with van der Waals surface area (Å²) < 4.78 is 0. The van der Waals surface area contributed by atoms with E-state index < -0.39 is 0 Å². The highest BCUT2D eigenvalue weighted by Gasteiger charge is 2.09. The number of nitrogen functional groups attached to an aromatic ring is 1. The third-order valence-corrected chi connectivity index (χ3v) is 2.46. The van der Waals surface area contributed by atoms with Crippen molar-refractivity contribution in [3.05, 3.63) is 23.8 Å². The molecular weight excluding hydrogens is 232 g/mol. The average Bonchev–Trinajstić information content (AvgIpc) is 2.34. The Balaban J connectivity index is 2.75. The molecule has 0 spiro atoms. The molecule has 1 aromatic carbocycles. The Morgan fingerprint density at radius 2 is 2.00 bits per heavy atom. The summed E-state index contributed by atoms with van der Waals surface area (Å²) in [5.41, 5.74) is 7.64. The molecule has 0 atom stereocenters. The van der Waals surface area contributed by atoms with Gasteiger partial charge in [0.1, 0.15) is 0 Å². The maximum Gasteiger partial charge on any atom is 0.251 e. The highest BCUT2D eigenvalue weighted by molar-refractivity contribution is 5.98. The lowest BCUT2D eigenvalue weighted by Crippen LogP contribution is -2.35. The molecule has 0 saturated heterocycles. The van der Waals surface area contributed by atoms with Crippen molar-refractivity contribution in [2.45, 2.75) is 0 Å². The molecule has 0 aliphatic carbocycles. The fraction of sp³-hybridized carbons (Fsp3) is 0.333. The topological polar surface area (TPSA) is 87.5 Å². The Hall–Kier alpha value is -2.24. The first-order chi connectivity index (χ1) is 8.45. The van der Waals surface area contributed by atoms with Crippen molar-refractivity contribution < 1.29 is 9.59 Å². The number of likely N-dealkylation sites (N-methyl/N-ethyl adjacent to an activating group) is 1. The molecule has 4 N–H and O–H groups in total. The van der Waals surface area contributed by atoms with E-state index in [1.165, 1.54) is 7.05 Å². The second-order valence-corrected chi connectivity index (χ2v) is 4.02. The average molecular weight is 250 g/mol. The number of anilines is 2. The molecule has 6 nitrogen and oxygen atoms in total. The van der Waals surface area contributed by atoms with Crippen molar-refractivity contribution in [1.82, 2.24) is 10.6 Å². The van der Waals surface area contributed by atoms with Crippen molar-refractivity contribution in [2.75, 3.05) is 38.3 Å². The van der Waals surface area contributed by atoms with Crippen LogP contribution in [0.2, 0.25) is 0 Å². The van der Waals surface area contributed by atoms with Gasteiger partial charge in [0.2, 0.25) is 5.91 Å². The van der Waals surface area contributed by atoms with Gasteiger partial charge >= 0.3 is 0 Å². The number of carbonyl (C=O) groups excluding carboxylic acids is 2. The van der Waals surface area contributed by atoms with Crippen LogP contribution in [0.1, 0.15) is 10.4 Å². The Kier molecular flexibility index (Phi) is 4.53. The first-order valence-corrected chi connectivity index (χ1v) is 5.51. The fourth-order valence-corrected chi connectivity index (χ4v) is 1.45. The van der Waals surface area contributed by atoms with Gasteiger partial charge in [-0.15, -0.1) is 0 Å². The summed E-state index contributed by atoms with van der Waals surface area (Å²) in [7, 11) is 5.26. The number of carbonyl (C=O) groups is 2. The van der Waals surface area contributed by atoms with Crippen LogP contribution in [-0.4, -0.2) is 39.5 Å². The van der Waals surface area contributed by atoms with E-state index in [1.807, 2.05) is 19.0 Å². The van der Waals surface area contributed by atoms with Crippen molar-refractivity contribution >= 4 is 23.2 Å². The summed E-state index contributed by atoms with van der Waals surface area (Å²) in [5, 5.41) is 4.93. The molecule has 98 valence electrons. The zero-order chi connectivity index (χ0) is 13.7. The number of rotatable bonds is 4. The van der Waals surface area contributed by atoms with Crippen LogP contribution in [-0.2, 0) is 4.79 Å². The van der Waals surface area contributed by atoms with Crippen molar-refractivity contribution in [3.8, 4) is 0 Å². The highest BCUT2D eigenvalue weighted by Crippen LogP contribution is 2.22. The lowest BCUT2D eigenvalue weighted by Gasteiger charge is -2.15. The lowest BCUT2D eigenvalue weighted by atomic mass is 10.1. The Labute approximate surface area is 106 Å². The van der Waals surface area contributed by atoms with Gasteiger partial charge in [-0.2, -0.15) is 0 Å². The molecule has 0 aliphatic rings. The van der Waals surface area contributed by atoms with Crippen LogP contribution in [0.3, 0.4) is 0 Å². The molecule has 0 fully saturated rings. The largest absolute Gasteiger partial charge is 0.397 e. The van der Waals surface area contributed by atoms with Gasteiger partial charge in [0.15, 0.2) is 0 Å². The van der Waals surface area contributed by atoms with E-state index in [4.69, 9.17) is 5.73 Å². The first kappa shape index (κ1) is 13.8. The molecule has 0 aliphatic heterocycles. The minimum atomic E-state index is -0.324. The number of amides is 2. The number of nitrogens with zero attached hydrogens (tertiary/aromatic N) is 1. The van der Waals surface area contributed by atoms with E-state index in [2.05, 4.69) is 10.6 Å². The maximum absolute atomic E-state index is 11.7. The summed E-state index contributed by atoms with van der Waals surface area (Å²) in [6.45, 7) is -0.0509. The van der Waals surface area contributed by atoms with E-state index in [0.717, 1.165) is 5.69 Å². The summed E-state index contributed by atoms with van der Waals surface area (Å²) in [6, 6.07) is 5.03. The second kappa shape index (κ2) is 5.90. The molecule has 1 aromatic rings. The summed E-state index contributed by atoms with van der Waals surface area (Å²) in [4.78, 5) is 24.6. The van der Waals surface area contributed by atoms with Crippen LogP contribution >= 0.6 is 0 Å². The fourth-order valence-electron chi connectivity index (χ4n) is 1.45. The van der Waals surface area contributed by atoms with Crippen molar-refractivity contribution in [3.63, 3.8) is 0 Å². The molecule has 0 heterocycles. The zero-order valence-electron chi connectivity index (χ0n) is 10.8. The van der Waals surface area contributed by atoms with E-state index in [9.17, 15) is 9.59 Å². The molecule has 18 heavy (non-hydrogen) atoms.